The number of carbonyl (C=O) groups is 2. The summed E-state index contributed by atoms with van der Waals surface area (Å²) in [6.07, 6.45) is 1.67. The standard InChI is InChI=1S/C25H23NO5S/c1-3-30-23-18(10-7-13-21(23)29-2)16-22-24(27)26(25(28)32-22)14-15-31-20-12-6-9-17-8-4-5-11-19(17)20/h4-13,16H,3,14-15H2,1-2H3/b22-16-. The molecule has 2 amide bonds. The minimum Gasteiger partial charge on any atom is -0.493 e. The molecule has 0 aromatic heterocycles. The van der Waals surface area contributed by atoms with Gasteiger partial charge >= 0.3 is 0 Å². The minimum atomic E-state index is -0.341. The maximum absolute atomic E-state index is 12.9. The van der Waals surface area contributed by atoms with Crippen molar-refractivity contribution in [1.82, 2.24) is 4.90 Å². The van der Waals surface area contributed by atoms with Gasteiger partial charge in [-0.1, -0.05) is 48.5 Å². The summed E-state index contributed by atoms with van der Waals surface area (Å²) in [5.74, 6) is 1.50. The lowest BCUT2D eigenvalue weighted by atomic mass is 10.1. The second kappa shape index (κ2) is 9.78. The van der Waals surface area contributed by atoms with Crippen LogP contribution in [0.25, 0.3) is 16.8 Å². The second-order valence-corrected chi connectivity index (χ2v) is 7.96. The molecule has 1 aliphatic heterocycles. The van der Waals surface area contributed by atoms with Gasteiger partial charge in [0.2, 0.25) is 0 Å². The molecule has 7 heteroatoms. The van der Waals surface area contributed by atoms with Gasteiger partial charge in [0, 0.05) is 10.9 Å². The van der Waals surface area contributed by atoms with Crippen LogP contribution in [0.5, 0.6) is 17.2 Å². The van der Waals surface area contributed by atoms with Gasteiger partial charge in [-0.3, -0.25) is 14.5 Å². The summed E-state index contributed by atoms with van der Waals surface area (Å²) in [6.45, 7) is 2.71. The van der Waals surface area contributed by atoms with Crippen LogP contribution in [0.1, 0.15) is 12.5 Å². The van der Waals surface area contributed by atoms with E-state index in [0.29, 0.717) is 28.6 Å². The lowest BCUT2D eigenvalue weighted by Crippen LogP contribution is -2.32. The Hall–Kier alpha value is -3.45. The Labute approximate surface area is 190 Å². The maximum atomic E-state index is 12.9. The zero-order chi connectivity index (χ0) is 22.5. The summed E-state index contributed by atoms with van der Waals surface area (Å²) >= 11 is 0.912. The molecule has 164 valence electrons. The van der Waals surface area contributed by atoms with Crippen molar-refractivity contribution in [2.24, 2.45) is 0 Å². The monoisotopic (exact) mass is 449 g/mol. The molecule has 6 nitrogen and oxygen atoms in total. The zero-order valence-corrected chi connectivity index (χ0v) is 18.7. The van der Waals surface area contributed by atoms with Gasteiger partial charge in [0.05, 0.1) is 25.2 Å². The van der Waals surface area contributed by atoms with Gasteiger partial charge in [-0.2, -0.15) is 0 Å². The van der Waals surface area contributed by atoms with E-state index in [2.05, 4.69) is 0 Å². The van der Waals surface area contributed by atoms with Crippen molar-refractivity contribution < 1.29 is 23.8 Å². The number of fused-ring (bicyclic) bond motifs is 1. The van der Waals surface area contributed by atoms with Crippen LogP contribution in [0.15, 0.2) is 65.6 Å². The molecule has 0 aliphatic carbocycles. The fourth-order valence-electron chi connectivity index (χ4n) is 3.51. The van der Waals surface area contributed by atoms with Crippen molar-refractivity contribution in [2.75, 3.05) is 26.9 Å². The minimum absolute atomic E-state index is 0.168. The van der Waals surface area contributed by atoms with E-state index in [1.165, 1.54) is 4.90 Å². The van der Waals surface area contributed by atoms with Crippen LogP contribution in [0, 0.1) is 0 Å². The van der Waals surface area contributed by atoms with Crippen LogP contribution in [0.3, 0.4) is 0 Å². The molecule has 4 rings (SSSR count). The van der Waals surface area contributed by atoms with Crippen molar-refractivity contribution in [2.45, 2.75) is 6.92 Å². The zero-order valence-electron chi connectivity index (χ0n) is 17.9. The number of hydrogen-bond acceptors (Lipinski definition) is 6. The Bertz CT molecular complexity index is 1180. The highest BCUT2D eigenvalue weighted by Gasteiger charge is 2.35. The lowest BCUT2D eigenvalue weighted by Gasteiger charge is -2.14. The first-order valence-electron chi connectivity index (χ1n) is 10.3. The largest absolute Gasteiger partial charge is 0.493 e. The van der Waals surface area contributed by atoms with E-state index in [0.717, 1.165) is 28.3 Å². The molecule has 0 atom stereocenters. The average Bonchev–Trinajstić information content (AvgIpc) is 3.07. The van der Waals surface area contributed by atoms with Gasteiger partial charge in [0.1, 0.15) is 12.4 Å². The van der Waals surface area contributed by atoms with Gasteiger partial charge in [-0.15, -0.1) is 0 Å². The molecule has 1 fully saturated rings. The number of imide groups is 1. The van der Waals surface area contributed by atoms with E-state index >= 15 is 0 Å². The van der Waals surface area contributed by atoms with Crippen LogP contribution in [-0.2, 0) is 4.79 Å². The molecule has 0 spiro atoms. The highest BCUT2D eigenvalue weighted by Crippen LogP contribution is 2.37. The lowest BCUT2D eigenvalue weighted by molar-refractivity contribution is -0.123. The third kappa shape index (κ3) is 4.43. The van der Waals surface area contributed by atoms with Gasteiger partial charge in [-0.05, 0) is 42.3 Å². The molecule has 3 aromatic carbocycles. The summed E-state index contributed by atoms with van der Waals surface area (Å²) in [5.41, 5.74) is 0.684. The number of hydrogen-bond donors (Lipinski definition) is 0. The maximum Gasteiger partial charge on any atom is 0.293 e. The average molecular weight is 450 g/mol. The van der Waals surface area contributed by atoms with Crippen LogP contribution >= 0.6 is 11.8 Å². The van der Waals surface area contributed by atoms with Crippen LogP contribution < -0.4 is 14.2 Å². The van der Waals surface area contributed by atoms with Gasteiger partial charge in [0.15, 0.2) is 11.5 Å². The van der Waals surface area contributed by atoms with Gasteiger partial charge in [0.25, 0.3) is 11.1 Å². The Morgan fingerprint density at radius 3 is 2.50 bits per heavy atom. The summed E-state index contributed by atoms with van der Waals surface area (Å²) in [5, 5.41) is 1.75. The third-order valence-electron chi connectivity index (χ3n) is 5.00. The van der Waals surface area contributed by atoms with Gasteiger partial charge in [-0.25, -0.2) is 0 Å². The summed E-state index contributed by atoms with van der Waals surface area (Å²) in [6, 6.07) is 19.2. The number of thioether (sulfide) groups is 1. The first-order valence-corrected chi connectivity index (χ1v) is 11.1. The SMILES string of the molecule is CCOc1c(/C=C2\SC(=O)N(CCOc3cccc4ccccc34)C2=O)cccc1OC. The molecule has 0 bridgehead atoms. The number of nitrogens with zero attached hydrogens (tertiary/aromatic N) is 1. The van der Waals surface area contributed by atoms with Gasteiger partial charge < -0.3 is 14.2 Å². The molecular weight excluding hydrogens is 426 g/mol. The molecule has 0 radical (unpaired) electrons. The summed E-state index contributed by atoms with van der Waals surface area (Å²) < 4.78 is 17.0. The van der Waals surface area contributed by atoms with Crippen molar-refractivity contribution in [3.8, 4) is 17.2 Å². The Balaban J connectivity index is 1.48. The Morgan fingerprint density at radius 1 is 0.938 bits per heavy atom. The second-order valence-electron chi connectivity index (χ2n) is 6.97. The molecule has 32 heavy (non-hydrogen) atoms. The number of para-hydroxylation sites is 1. The number of methoxy groups -OCH3 is 1. The highest BCUT2D eigenvalue weighted by molar-refractivity contribution is 8.18. The number of amides is 2. The van der Waals surface area contributed by atoms with Crippen LogP contribution in [0.2, 0.25) is 0 Å². The number of benzene rings is 3. The van der Waals surface area contributed by atoms with E-state index in [4.69, 9.17) is 14.2 Å². The molecule has 1 heterocycles. The normalized spacial score (nSPS) is 14.9. The van der Waals surface area contributed by atoms with Crippen molar-refractivity contribution in [3.63, 3.8) is 0 Å². The topological polar surface area (TPSA) is 65.1 Å². The van der Waals surface area contributed by atoms with E-state index in [9.17, 15) is 9.59 Å². The van der Waals surface area contributed by atoms with Crippen LogP contribution in [0.4, 0.5) is 4.79 Å². The molecule has 0 unspecified atom stereocenters. The number of carbonyl (C=O) groups excluding carboxylic acids is 2. The molecule has 3 aromatic rings. The molecule has 1 saturated heterocycles. The molecular formula is C25H23NO5S. The molecule has 0 saturated carbocycles. The predicted octanol–water partition coefficient (Wildman–Crippen LogP) is 5.36. The fraction of sp³-hybridized carbons (Fsp3) is 0.200. The summed E-state index contributed by atoms with van der Waals surface area (Å²) in [4.78, 5) is 26.9. The first-order chi connectivity index (χ1) is 15.6. The number of ether oxygens (including phenoxy) is 3. The predicted molar refractivity (Wildman–Crippen MR) is 126 cm³/mol. The Kier molecular flexibility index (Phi) is 6.66. The Morgan fingerprint density at radius 2 is 1.69 bits per heavy atom. The quantitative estimate of drug-likeness (QED) is 0.431. The summed E-state index contributed by atoms with van der Waals surface area (Å²) in [7, 11) is 1.56. The first kappa shape index (κ1) is 21.8. The highest BCUT2D eigenvalue weighted by atomic mass is 32.2. The molecule has 0 N–H and O–H groups in total. The molecule has 1 aliphatic rings. The van der Waals surface area contributed by atoms with E-state index in [1.54, 1.807) is 19.3 Å². The fourth-order valence-corrected chi connectivity index (χ4v) is 4.36. The van der Waals surface area contributed by atoms with Crippen LogP contribution in [-0.4, -0.2) is 42.9 Å². The van der Waals surface area contributed by atoms with Crippen molar-refractivity contribution in [3.05, 3.63) is 71.1 Å². The van der Waals surface area contributed by atoms with E-state index in [1.807, 2.05) is 61.5 Å². The van der Waals surface area contributed by atoms with E-state index in [-0.39, 0.29) is 24.3 Å². The van der Waals surface area contributed by atoms with Crippen molar-refractivity contribution in [1.29, 1.82) is 0 Å². The smallest absolute Gasteiger partial charge is 0.293 e. The van der Waals surface area contributed by atoms with Crippen molar-refractivity contribution >= 4 is 39.8 Å². The number of rotatable bonds is 8. The third-order valence-corrected chi connectivity index (χ3v) is 5.91. The van der Waals surface area contributed by atoms with E-state index < -0.39 is 0 Å².